The van der Waals surface area contributed by atoms with Gasteiger partial charge in [0.1, 0.15) is 0 Å². The lowest BCUT2D eigenvalue weighted by Gasteiger charge is -2.14. The number of ether oxygens (including phenoxy) is 2. The Bertz CT molecular complexity index is 459. The van der Waals surface area contributed by atoms with Gasteiger partial charge in [0.25, 0.3) is 0 Å². The molecule has 0 fully saturated rings. The zero-order valence-corrected chi connectivity index (χ0v) is 9.95. The standard InChI is InChI=1S/C11H13NO6/c1-3-17-7(2)18-10-6-8(11(13)14)4-5-9(10)12(15)16/h4-7H,3H2,1-2H3,(H,13,14). The van der Waals surface area contributed by atoms with E-state index in [9.17, 15) is 14.9 Å². The second-order valence-corrected chi connectivity index (χ2v) is 3.39. The maximum absolute atomic E-state index is 10.8. The number of rotatable bonds is 6. The van der Waals surface area contributed by atoms with Crippen LogP contribution in [0.3, 0.4) is 0 Å². The molecule has 0 saturated heterocycles. The monoisotopic (exact) mass is 255 g/mol. The number of carboxylic acids is 1. The summed E-state index contributed by atoms with van der Waals surface area (Å²) in [6.07, 6.45) is -0.697. The van der Waals surface area contributed by atoms with E-state index in [1.807, 2.05) is 0 Å². The van der Waals surface area contributed by atoms with Crippen LogP contribution in [0.25, 0.3) is 0 Å². The normalized spacial score (nSPS) is 11.9. The van der Waals surface area contributed by atoms with Crippen molar-refractivity contribution in [3.05, 3.63) is 33.9 Å². The minimum atomic E-state index is -1.18. The summed E-state index contributed by atoms with van der Waals surface area (Å²) in [5.74, 6) is -1.31. The summed E-state index contributed by atoms with van der Waals surface area (Å²) in [7, 11) is 0. The molecule has 0 bridgehead atoms. The molecule has 0 aliphatic carbocycles. The van der Waals surface area contributed by atoms with Crippen LogP contribution in [0.1, 0.15) is 24.2 Å². The third kappa shape index (κ3) is 3.42. The Morgan fingerprint density at radius 3 is 2.72 bits per heavy atom. The van der Waals surface area contributed by atoms with E-state index in [1.165, 1.54) is 0 Å². The smallest absolute Gasteiger partial charge is 0.335 e. The Morgan fingerprint density at radius 2 is 2.22 bits per heavy atom. The predicted octanol–water partition coefficient (Wildman–Crippen LogP) is 2.05. The molecule has 0 spiro atoms. The molecule has 0 radical (unpaired) electrons. The molecule has 1 rings (SSSR count). The summed E-state index contributed by atoms with van der Waals surface area (Å²) in [5.41, 5.74) is -0.383. The summed E-state index contributed by atoms with van der Waals surface area (Å²) in [4.78, 5) is 20.9. The fraction of sp³-hybridized carbons (Fsp3) is 0.364. The van der Waals surface area contributed by atoms with Crippen molar-refractivity contribution >= 4 is 11.7 Å². The summed E-state index contributed by atoms with van der Waals surface area (Å²) < 4.78 is 10.3. The first-order valence-electron chi connectivity index (χ1n) is 5.25. The van der Waals surface area contributed by atoms with E-state index in [0.29, 0.717) is 6.61 Å². The minimum absolute atomic E-state index is 0.0840. The summed E-state index contributed by atoms with van der Waals surface area (Å²) in [6.45, 7) is 3.70. The molecule has 1 N–H and O–H groups in total. The number of nitrogens with zero attached hydrogens (tertiary/aromatic N) is 1. The number of benzene rings is 1. The van der Waals surface area contributed by atoms with Gasteiger partial charge in [-0.05, 0) is 19.9 Å². The average molecular weight is 255 g/mol. The molecule has 0 aliphatic rings. The van der Waals surface area contributed by atoms with E-state index in [-0.39, 0.29) is 17.0 Å². The molecule has 0 amide bonds. The molecule has 0 aliphatic heterocycles. The summed E-state index contributed by atoms with van der Waals surface area (Å²) in [5, 5.41) is 19.6. The topological polar surface area (TPSA) is 98.9 Å². The number of nitro groups is 1. The zero-order valence-electron chi connectivity index (χ0n) is 9.95. The van der Waals surface area contributed by atoms with Gasteiger partial charge < -0.3 is 14.6 Å². The van der Waals surface area contributed by atoms with Crippen LogP contribution in [0.4, 0.5) is 5.69 Å². The van der Waals surface area contributed by atoms with Crippen LogP contribution in [0.15, 0.2) is 18.2 Å². The van der Waals surface area contributed by atoms with Gasteiger partial charge >= 0.3 is 11.7 Å². The number of aromatic carboxylic acids is 1. The maximum atomic E-state index is 10.8. The average Bonchev–Trinajstić information content (AvgIpc) is 2.28. The van der Waals surface area contributed by atoms with Gasteiger partial charge in [0.2, 0.25) is 5.75 Å². The van der Waals surface area contributed by atoms with Gasteiger partial charge in [0.05, 0.1) is 10.5 Å². The lowest BCUT2D eigenvalue weighted by atomic mass is 10.2. The SMILES string of the molecule is CCOC(C)Oc1cc(C(=O)O)ccc1[N+](=O)[O-]. The molecular weight excluding hydrogens is 242 g/mol. The molecule has 0 heterocycles. The molecule has 1 aromatic carbocycles. The highest BCUT2D eigenvalue weighted by molar-refractivity contribution is 5.88. The number of carbonyl (C=O) groups is 1. The van der Waals surface area contributed by atoms with Crippen LogP contribution >= 0.6 is 0 Å². The molecule has 0 aromatic heterocycles. The van der Waals surface area contributed by atoms with Crippen molar-refractivity contribution in [2.24, 2.45) is 0 Å². The Morgan fingerprint density at radius 1 is 1.56 bits per heavy atom. The van der Waals surface area contributed by atoms with Gasteiger partial charge in [0, 0.05) is 18.7 Å². The maximum Gasteiger partial charge on any atom is 0.335 e. The fourth-order valence-corrected chi connectivity index (χ4v) is 1.34. The zero-order chi connectivity index (χ0) is 13.7. The highest BCUT2D eigenvalue weighted by atomic mass is 16.7. The van der Waals surface area contributed by atoms with E-state index in [1.54, 1.807) is 13.8 Å². The molecule has 1 atom stereocenters. The van der Waals surface area contributed by atoms with Gasteiger partial charge in [-0.3, -0.25) is 10.1 Å². The first-order chi connectivity index (χ1) is 8.45. The van der Waals surface area contributed by atoms with E-state index in [2.05, 4.69) is 0 Å². The summed E-state index contributed by atoms with van der Waals surface area (Å²) >= 11 is 0. The van der Waals surface area contributed by atoms with Gasteiger partial charge in [-0.1, -0.05) is 0 Å². The Labute approximate surface area is 103 Å². The van der Waals surface area contributed by atoms with Gasteiger partial charge in [-0.2, -0.15) is 0 Å². The van der Waals surface area contributed by atoms with Crippen LogP contribution in [0, 0.1) is 10.1 Å². The first kappa shape index (κ1) is 13.9. The molecule has 7 nitrogen and oxygen atoms in total. The molecule has 1 unspecified atom stereocenters. The Balaban J connectivity index is 3.07. The van der Waals surface area contributed by atoms with Crippen molar-refractivity contribution in [3.63, 3.8) is 0 Å². The van der Waals surface area contributed by atoms with Crippen molar-refractivity contribution in [2.45, 2.75) is 20.1 Å². The number of hydrogen-bond acceptors (Lipinski definition) is 5. The second kappa shape index (κ2) is 5.97. The van der Waals surface area contributed by atoms with Crippen molar-refractivity contribution in [1.29, 1.82) is 0 Å². The van der Waals surface area contributed by atoms with Crippen LogP contribution < -0.4 is 4.74 Å². The fourth-order valence-electron chi connectivity index (χ4n) is 1.34. The molecule has 18 heavy (non-hydrogen) atoms. The lowest BCUT2D eigenvalue weighted by molar-refractivity contribution is -0.386. The van der Waals surface area contributed by atoms with Gasteiger partial charge in [-0.25, -0.2) is 4.79 Å². The largest absolute Gasteiger partial charge is 0.478 e. The van der Waals surface area contributed by atoms with Crippen molar-refractivity contribution < 1.29 is 24.3 Å². The van der Waals surface area contributed by atoms with Crippen LogP contribution in [0.5, 0.6) is 5.75 Å². The van der Waals surface area contributed by atoms with E-state index in [4.69, 9.17) is 14.6 Å². The lowest BCUT2D eigenvalue weighted by Crippen LogP contribution is -2.17. The third-order valence-electron chi connectivity index (χ3n) is 2.10. The highest BCUT2D eigenvalue weighted by Crippen LogP contribution is 2.29. The van der Waals surface area contributed by atoms with E-state index in [0.717, 1.165) is 18.2 Å². The summed E-state index contributed by atoms with van der Waals surface area (Å²) in [6, 6.07) is 3.35. The number of carboxylic acid groups (broad SMARTS) is 1. The number of hydrogen-bond donors (Lipinski definition) is 1. The minimum Gasteiger partial charge on any atom is -0.478 e. The number of nitro benzene ring substituents is 1. The molecule has 98 valence electrons. The first-order valence-corrected chi connectivity index (χ1v) is 5.25. The molecule has 1 aromatic rings. The second-order valence-electron chi connectivity index (χ2n) is 3.39. The van der Waals surface area contributed by atoms with E-state index >= 15 is 0 Å². The molecule has 0 saturated carbocycles. The van der Waals surface area contributed by atoms with Crippen LogP contribution in [0.2, 0.25) is 0 Å². The van der Waals surface area contributed by atoms with Crippen LogP contribution in [-0.2, 0) is 4.74 Å². The molecular formula is C11H13NO6. The van der Waals surface area contributed by atoms with Crippen molar-refractivity contribution in [2.75, 3.05) is 6.61 Å². The van der Waals surface area contributed by atoms with Gasteiger partial charge in [0.15, 0.2) is 6.29 Å². The van der Waals surface area contributed by atoms with E-state index < -0.39 is 17.2 Å². The Kier molecular flexibility index (Phi) is 4.61. The molecule has 7 heteroatoms. The highest BCUT2D eigenvalue weighted by Gasteiger charge is 2.19. The quantitative estimate of drug-likeness (QED) is 0.474. The van der Waals surface area contributed by atoms with Crippen molar-refractivity contribution in [3.8, 4) is 5.75 Å². The Hall–Kier alpha value is -2.15. The van der Waals surface area contributed by atoms with Crippen LogP contribution in [-0.4, -0.2) is 28.9 Å². The van der Waals surface area contributed by atoms with Crippen molar-refractivity contribution in [1.82, 2.24) is 0 Å². The predicted molar refractivity (Wildman–Crippen MR) is 61.8 cm³/mol. The third-order valence-corrected chi connectivity index (χ3v) is 2.10. The van der Waals surface area contributed by atoms with Gasteiger partial charge in [-0.15, -0.1) is 0 Å².